The summed E-state index contributed by atoms with van der Waals surface area (Å²) in [6.07, 6.45) is 4.95. The van der Waals surface area contributed by atoms with Crippen LogP contribution in [-0.2, 0) is 11.3 Å². The zero-order chi connectivity index (χ0) is 16.2. The van der Waals surface area contributed by atoms with Gasteiger partial charge in [0.05, 0.1) is 23.9 Å². The Morgan fingerprint density at radius 3 is 3.13 bits per heavy atom. The molecule has 23 heavy (non-hydrogen) atoms. The maximum absolute atomic E-state index is 6.00. The highest BCUT2D eigenvalue weighted by atomic mass is 35.5. The maximum Gasteiger partial charge on any atom is 0.193 e. The average Bonchev–Trinajstić information content (AvgIpc) is 3.16. The summed E-state index contributed by atoms with van der Waals surface area (Å²) in [7, 11) is 3.85. The number of aliphatic imine (C=N–C) groups is 1. The molecule has 0 radical (unpaired) electrons. The van der Waals surface area contributed by atoms with Crippen molar-refractivity contribution >= 4 is 23.2 Å². The first-order chi connectivity index (χ1) is 11.2. The molecule has 0 saturated carbocycles. The van der Waals surface area contributed by atoms with Gasteiger partial charge >= 0.3 is 0 Å². The van der Waals surface area contributed by atoms with E-state index in [0.717, 1.165) is 43.5 Å². The molecule has 1 aliphatic rings. The van der Waals surface area contributed by atoms with Crippen molar-refractivity contribution in [2.45, 2.75) is 13.0 Å². The standard InChI is InChI=1S/C16H22ClN5O/c1-18-16(21(2)8-12-5-6-23-11-12)19-7-14-10-22-9-13(17)3-4-15(22)20-14/h3-4,9-10,12H,5-8,11H2,1-2H3,(H,18,19). The van der Waals surface area contributed by atoms with Crippen LogP contribution in [0.1, 0.15) is 12.1 Å². The highest BCUT2D eigenvalue weighted by Gasteiger charge is 2.19. The third kappa shape index (κ3) is 3.95. The second-order valence-corrected chi connectivity index (χ2v) is 6.29. The molecule has 7 heteroatoms. The minimum Gasteiger partial charge on any atom is -0.381 e. The third-order valence-electron chi connectivity index (χ3n) is 4.02. The van der Waals surface area contributed by atoms with Crippen molar-refractivity contribution in [1.29, 1.82) is 0 Å². The Kier molecular flexibility index (Phi) is 5.03. The van der Waals surface area contributed by atoms with Gasteiger partial charge in [-0.15, -0.1) is 0 Å². The lowest BCUT2D eigenvalue weighted by molar-refractivity contribution is 0.181. The summed E-state index contributed by atoms with van der Waals surface area (Å²) in [5, 5.41) is 4.06. The van der Waals surface area contributed by atoms with Gasteiger partial charge in [0.1, 0.15) is 5.65 Å². The van der Waals surface area contributed by atoms with E-state index in [2.05, 4.69) is 27.2 Å². The summed E-state index contributed by atoms with van der Waals surface area (Å²) in [5.41, 5.74) is 1.84. The first-order valence-corrected chi connectivity index (χ1v) is 8.16. The van der Waals surface area contributed by atoms with Crippen molar-refractivity contribution in [2.24, 2.45) is 10.9 Å². The number of pyridine rings is 1. The zero-order valence-electron chi connectivity index (χ0n) is 13.5. The van der Waals surface area contributed by atoms with Crippen molar-refractivity contribution in [3.8, 4) is 0 Å². The van der Waals surface area contributed by atoms with Gasteiger partial charge in [0.25, 0.3) is 0 Å². The Labute approximate surface area is 141 Å². The van der Waals surface area contributed by atoms with E-state index in [-0.39, 0.29) is 0 Å². The minimum atomic E-state index is 0.580. The second-order valence-electron chi connectivity index (χ2n) is 5.86. The largest absolute Gasteiger partial charge is 0.381 e. The fourth-order valence-electron chi connectivity index (χ4n) is 2.86. The van der Waals surface area contributed by atoms with Crippen molar-refractivity contribution in [3.05, 3.63) is 35.2 Å². The molecule has 0 amide bonds. The smallest absolute Gasteiger partial charge is 0.193 e. The first-order valence-electron chi connectivity index (χ1n) is 7.78. The highest BCUT2D eigenvalue weighted by Crippen LogP contribution is 2.14. The summed E-state index contributed by atoms with van der Waals surface area (Å²) >= 11 is 6.00. The number of ether oxygens (including phenoxy) is 1. The molecule has 0 aliphatic carbocycles. The molecule has 1 aliphatic heterocycles. The maximum atomic E-state index is 6.00. The van der Waals surface area contributed by atoms with Crippen molar-refractivity contribution in [3.63, 3.8) is 0 Å². The summed E-state index contributed by atoms with van der Waals surface area (Å²) in [6, 6.07) is 3.75. The molecule has 0 spiro atoms. The molecule has 1 N–H and O–H groups in total. The lowest BCUT2D eigenvalue weighted by Crippen LogP contribution is -2.41. The van der Waals surface area contributed by atoms with Gasteiger partial charge in [0.2, 0.25) is 0 Å². The van der Waals surface area contributed by atoms with E-state index in [1.165, 1.54) is 0 Å². The monoisotopic (exact) mass is 335 g/mol. The number of hydrogen-bond acceptors (Lipinski definition) is 3. The number of nitrogens with zero attached hydrogens (tertiary/aromatic N) is 4. The van der Waals surface area contributed by atoms with Gasteiger partial charge in [-0.1, -0.05) is 11.6 Å². The lowest BCUT2D eigenvalue weighted by atomic mass is 10.1. The molecule has 0 bridgehead atoms. The van der Waals surface area contributed by atoms with E-state index in [9.17, 15) is 0 Å². The number of halogens is 1. The summed E-state index contributed by atoms with van der Waals surface area (Å²) < 4.78 is 7.37. The van der Waals surface area contributed by atoms with Crippen LogP contribution >= 0.6 is 11.6 Å². The number of imidazole rings is 1. The van der Waals surface area contributed by atoms with Crippen LogP contribution in [0.15, 0.2) is 29.5 Å². The van der Waals surface area contributed by atoms with Gasteiger partial charge in [-0.25, -0.2) is 4.98 Å². The molecule has 2 aromatic rings. The molecule has 2 aromatic heterocycles. The topological polar surface area (TPSA) is 54.2 Å². The Hall–Kier alpha value is -1.79. The number of guanidine groups is 1. The molecule has 3 heterocycles. The predicted molar refractivity (Wildman–Crippen MR) is 92.0 cm³/mol. The summed E-state index contributed by atoms with van der Waals surface area (Å²) in [6.45, 7) is 3.28. The Morgan fingerprint density at radius 1 is 1.52 bits per heavy atom. The van der Waals surface area contributed by atoms with E-state index in [1.807, 2.05) is 28.9 Å². The first kappa shape index (κ1) is 16.1. The van der Waals surface area contributed by atoms with Gasteiger partial charge in [0, 0.05) is 45.6 Å². The third-order valence-corrected chi connectivity index (χ3v) is 4.25. The van der Waals surface area contributed by atoms with Crippen LogP contribution in [0, 0.1) is 5.92 Å². The highest BCUT2D eigenvalue weighted by molar-refractivity contribution is 6.30. The van der Waals surface area contributed by atoms with E-state index >= 15 is 0 Å². The molecule has 1 unspecified atom stereocenters. The van der Waals surface area contributed by atoms with Gasteiger partial charge in [-0.3, -0.25) is 4.99 Å². The Morgan fingerprint density at radius 2 is 2.39 bits per heavy atom. The van der Waals surface area contributed by atoms with Crippen molar-refractivity contribution < 1.29 is 4.74 Å². The van der Waals surface area contributed by atoms with Gasteiger partial charge < -0.3 is 19.4 Å². The normalized spacial score (nSPS) is 18.6. The summed E-state index contributed by atoms with van der Waals surface area (Å²) in [4.78, 5) is 11.1. The summed E-state index contributed by atoms with van der Waals surface area (Å²) in [5.74, 6) is 1.45. The lowest BCUT2D eigenvalue weighted by Gasteiger charge is -2.24. The van der Waals surface area contributed by atoms with Crippen LogP contribution < -0.4 is 5.32 Å². The fourth-order valence-corrected chi connectivity index (χ4v) is 3.03. The molecular weight excluding hydrogens is 314 g/mol. The molecular formula is C16H22ClN5O. The van der Waals surface area contributed by atoms with Gasteiger partial charge in [-0.2, -0.15) is 0 Å². The number of aromatic nitrogens is 2. The predicted octanol–water partition coefficient (Wildman–Crippen LogP) is 2.03. The van der Waals surface area contributed by atoms with Crippen LogP contribution in [0.4, 0.5) is 0 Å². The molecule has 3 rings (SSSR count). The number of rotatable bonds is 4. The molecule has 1 atom stereocenters. The van der Waals surface area contributed by atoms with Crippen LogP contribution in [0.2, 0.25) is 5.02 Å². The quantitative estimate of drug-likeness (QED) is 0.686. The van der Waals surface area contributed by atoms with Gasteiger partial charge in [-0.05, 0) is 18.6 Å². The minimum absolute atomic E-state index is 0.580. The average molecular weight is 336 g/mol. The number of hydrogen-bond donors (Lipinski definition) is 1. The van der Waals surface area contributed by atoms with Crippen LogP contribution in [0.5, 0.6) is 0 Å². The molecule has 1 saturated heterocycles. The second kappa shape index (κ2) is 7.19. The van der Waals surface area contributed by atoms with E-state index in [4.69, 9.17) is 16.3 Å². The van der Waals surface area contributed by atoms with Crippen molar-refractivity contribution in [1.82, 2.24) is 19.6 Å². The molecule has 124 valence electrons. The van der Waals surface area contributed by atoms with E-state index < -0.39 is 0 Å². The molecule has 1 fully saturated rings. The Balaban J connectivity index is 1.60. The Bertz CT molecular complexity index is 693. The molecule has 0 aromatic carbocycles. The van der Waals surface area contributed by atoms with E-state index in [0.29, 0.717) is 17.5 Å². The SMILES string of the molecule is CN=C(NCc1cn2cc(Cl)ccc2n1)N(C)CC1CCOC1. The van der Waals surface area contributed by atoms with Crippen LogP contribution in [0.3, 0.4) is 0 Å². The van der Waals surface area contributed by atoms with Gasteiger partial charge in [0.15, 0.2) is 5.96 Å². The van der Waals surface area contributed by atoms with Crippen LogP contribution in [-0.4, -0.2) is 54.1 Å². The number of nitrogens with one attached hydrogen (secondary N) is 1. The molecule has 6 nitrogen and oxygen atoms in total. The zero-order valence-corrected chi connectivity index (χ0v) is 14.3. The fraction of sp³-hybridized carbons (Fsp3) is 0.500. The number of fused-ring (bicyclic) bond motifs is 1. The van der Waals surface area contributed by atoms with E-state index in [1.54, 1.807) is 7.05 Å². The van der Waals surface area contributed by atoms with Crippen LogP contribution in [0.25, 0.3) is 5.65 Å². The van der Waals surface area contributed by atoms with Crippen molar-refractivity contribution in [2.75, 3.05) is 33.9 Å².